The molecule has 2 aromatic heterocycles. The van der Waals surface area contributed by atoms with Crippen molar-refractivity contribution in [1.29, 1.82) is 0 Å². The van der Waals surface area contributed by atoms with Crippen molar-refractivity contribution in [3.8, 4) is 0 Å². The third-order valence-electron chi connectivity index (χ3n) is 2.86. The molecule has 2 heterocycles. The molecule has 0 saturated carbocycles. The van der Waals surface area contributed by atoms with Crippen LogP contribution in [0.1, 0.15) is 6.42 Å². The minimum atomic E-state index is 0.934. The van der Waals surface area contributed by atoms with Gasteiger partial charge in [-0.15, -0.1) is 11.3 Å². The summed E-state index contributed by atoms with van der Waals surface area (Å²) >= 11 is 3.51. The van der Waals surface area contributed by atoms with Crippen LogP contribution in [0, 0.1) is 0 Å². The summed E-state index contributed by atoms with van der Waals surface area (Å²) in [5.74, 6) is 2.02. The highest BCUT2D eigenvalue weighted by molar-refractivity contribution is 8.00. The first-order chi connectivity index (χ1) is 9.92. The van der Waals surface area contributed by atoms with Crippen LogP contribution in [-0.2, 0) is 0 Å². The predicted octanol–water partition coefficient (Wildman–Crippen LogP) is 4.29. The molecular formula is C15H15N3S2. The molecule has 0 spiro atoms. The maximum atomic E-state index is 4.59. The van der Waals surface area contributed by atoms with Crippen molar-refractivity contribution in [2.75, 3.05) is 17.6 Å². The number of hydrogen-bond acceptors (Lipinski definition) is 5. The number of nitrogens with zero attached hydrogens (tertiary/aromatic N) is 2. The molecule has 0 unspecified atom stereocenters. The zero-order valence-electron chi connectivity index (χ0n) is 11.0. The molecule has 0 aliphatic heterocycles. The van der Waals surface area contributed by atoms with Gasteiger partial charge in [0.15, 0.2) is 0 Å². The average Bonchev–Trinajstić information content (AvgIpc) is 3.00. The van der Waals surface area contributed by atoms with E-state index in [-0.39, 0.29) is 0 Å². The Hall–Kier alpha value is -1.59. The van der Waals surface area contributed by atoms with Crippen LogP contribution in [-0.4, -0.2) is 22.3 Å². The van der Waals surface area contributed by atoms with Crippen LogP contribution in [0.5, 0.6) is 0 Å². The summed E-state index contributed by atoms with van der Waals surface area (Å²) < 4.78 is 1.15. The second-order valence-electron chi connectivity index (χ2n) is 4.32. The molecule has 0 atom stereocenters. The molecule has 0 amide bonds. The highest BCUT2D eigenvalue weighted by atomic mass is 32.2. The van der Waals surface area contributed by atoms with Gasteiger partial charge in [0.1, 0.15) is 10.2 Å². The molecule has 3 rings (SSSR count). The molecule has 0 fully saturated rings. The summed E-state index contributed by atoms with van der Waals surface area (Å²) in [7, 11) is 0. The zero-order chi connectivity index (χ0) is 13.6. The van der Waals surface area contributed by atoms with E-state index in [1.807, 2.05) is 47.6 Å². The maximum Gasteiger partial charge on any atom is 0.149 e. The van der Waals surface area contributed by atoms with Crippen LogP contribution >= 0.6 is 23.1 Å². The van der Waals surface area contributed by atoms with Crippen molar-refractivity contribution in [2.24, 2.45) is 0 Å². The van der Waals surface area contributed by atoms with E-state index < -0.39 is 0 Å². The quantitative estimate of drug-likeness (QED) is 0.544. The van der Waals surface area contributed by atoms with Crippen LogP contribution in [0.3, 0.4) is 0 Å². The molecule has 0 radical (unpaired) electrons. The van der Waals surface area contributed by atoms with Crippen molar-refractivity contribution in [1.82, 2.24) is 9.97 Å². The molecule has 0 bridgehead atoms. The van der Waals surface area contributed by atoms with Crippen molar-refractivity contribution in [3.63, 3.8) is 0 Å². The summed E-state index contributed by atoms with van der Waals surface area (Å²) in [6.45, 7) is 0.934. The lowest BCUT2D eigenvalue weighted by Gasteiger charge is -2.06. The predicted molar refractivity (Wildman–Crippen MR) is 87.7 cm³/mol. The van der Waals surface area contributed by atoms with Gasteiger partial charge in [-0.2, -0.15) is 0 Å². The Labute approximate surface area is 126 Å². The molecule has 102 valence electrons. The third kappa shape index (κ3) is 3.49. The van der Waals surface area contributed by atoms with Gasteiger partial charge in [0.25, 0.3) is 0 Å². The third-order valence-corrected chi connectivity index (χ3v) is 4.91. The summed E-state index contributed by atoms with van der Waals surface area (Å²) in [6.07, 6.45) is 2.95. The average molecular weight is 301 g/mol. The molecule has 3 nitrogen and oxygen atoms in total. The number of hydrogen-bond donors (Lipinski definition) is 1. The van der Waals surface area contributed by atoms with Gasteiger partial charge in [0, 0.05) is 29.3 Å². The number of rotatable bonds is 6. The molecular weight excluding hydrogens is 286 g/mol. The number of anilines is 1. The van der Waals surface area contributed by atoms with Crippen LogP contribution in [0.2, 0.25) is 0 Å². The van der Waals surface area contributed by atoms with Gasteiger partial charge >= 0.3 is 0 Å². The van der Waals surface area contributed by atoms with E-state index in [1.54, 1.807) is 11.3 Å². The lowest BCUT2D eigenvalue weighted by Crippen LogP contribution is -2.04. The normalized spacial score (nSPS) is 10.8. The minimum Gasteiger partial charge on any atom is -0.370 e. The first kappa shape index (κ1) is 13.4. The first-order valence-corrected chi connectivity index (χ1v) is 8.40. The van der Waals surface area contributed by atoms with Crippen LogP contribution in [0.15, 0.2) is 52.3 Å². The summed E-state index contributed by atoms with van der Waals surface area (Å²) in [6, 6.07) is 12.3. The van der Waals surface area contributed by atoms with Gasteiger partial charge in [0.2, 0.25) is 0 Å². The molecule has 0 aliphatic rings. The van der Waals surface area contributed by atoms with Crippen molar-refractivity contribution in [2.45, 2.75) is 10.8 Å². The van der Waals surface area contributed by atoms with E-state index in [9.17, 15) is 0 Å². The zero-order valence-corrected chi connectivity index (χ0v) is 12.6. The van der Waals surface area contributed by atoms with Crippen molar-refractivity contribution < 1.29 is 0 Å². The van der Waals surface area contributed by atoms with Gasteiger partial charge in [-0.05, 0) is 24.6 Å². The van der Waals surface area contributed by atoms with Gasteiger partial charge in [-0.3, -0.25) is 0 Å². The van der Waals surface area contributed by atoms with Gasteiger partial charge < -0.3 is 5.32 Å². The van der Waals surface area contributed by atoms with Crippen molar-refractivity contribution >= 4 is 39.8 Å². The summed E-state index contributed by atoms with van der Waals surface area (Å²) in [5.41, 5.74) is 1.04. The molecule has 20 heavy (non-hydrogen) atoms. The largest absolute Gasteiger partial charge is 0.370 e. The smallest absolute Gasteiger partial charge is 0.149 e. The van der Waals surface area contributed by atoms with E-state index in [0.717, 1.165) is 34.4 Å². The van der Waals surface area contributed by atoms with Gasteiger partial charge in [0.05, 0.1) is 5.52 Å². The maximum absolute atomic E-state index is 4.59. The fraction of sp³-hybridized carbons (Fsp3) is 0.200. The van der Waals surface area contributed by atoms with Gasteiger partial charge in [-0.25, -0.2) is 9.97 Å². The molecule has 5 heteroatoms. The number of para-hydroxylation sites is 1. The monoisotopic (exact) mass is 301 g/mol. The number of thioether (sulfide) groups is 1. The lowest BCUT2D eigenvalue weighted by molar-refractivity contribution is 0.982. The second-order valence-corrected chi connectivity index (χ2v) is 6.55. The molecule has 0 aliphatic carbocycles. The van der Waals surface area contributed by atoms with Crippen molar-refractivity contribution in [3.05, 3.63) is 48.0 Å². The number of thiazole rings is 1. The fourth-order valence-corrected chi connectivity index (χ4v) is 3.54. The molecule has 1 N–H and O–H groups in total. The van der Waals surface area contributed by atoms with Crippen LogP contribution in [0.25, 0.3) is 10.9 Å². The van der Waals surface area contributed by atoms with E-state index in [0.29, 0.717) is 0 Å². The number of aromatic nitrogens is 2. The summed E-state index contributed by atoms with van der Waals surface area (Å²) in [4.78, 5) is 8.85. The fourth-order valence-electron chi connectivity index (χ4n) is 1.89. The first-order valence-electron chi connectivity index (χ1n) is 6.54. The standard InChI is InChI=1S/C15H15N3S2/c1-2-5-13-12(4-1)6-7-14(18-13)16-8-3-10-19-15-17-9-11-20-15/h1-2,4-7,9,11H,3,8,10H2,(H,16,18). The van der Waals surface area contributed by atoms with E-state index in [2.05, 4.69) is 27.4 Å². The van der Waals surface area contributed by atoms with Crippen LogP contribution < -0.4 is 5.32 Å². The Bertz CT molecular complexity index is 668. The Morgan fingerprint density at radius 1 is 1.15 bits per heavy atom. The molecule has 3 aromatic rings. The number of nitrogens with one attached hydrogen (secondary N) is 1. The Morgan fingerprint density at radius 2 is 2.10 bits per heavy atom. The Morgan fingerprint density at radius 3 is 3.00 bits per heavy atom. The topological polar surface area (TPSA) is 37.8 Å². The minimum absolute atomic E-state index is 0.934. The highest BCUT2D eigenvalue weighted by Crippen LogP contribution is 2.20. The SMILES string of the molecule is c1ccc2nc(NCCCSc3nccs3)ccc2c1. The highest BCUT2D eigenvalue weighted by Gasteiger charge is 1.98. The Kier molecular flexibility index (Phi) is 4.50. The Balaban J connectivity index is 1.47. The number of pyridine rings is 1. The number of fused-ring (bicyclic) bond motifs is 1. The number of benzene rings is 1. The summed E-state index contributed by atoms with van der Waals surface area (Å²) in [5, 5.41) is 6.57. The van der Waals surface area contributed by atoms with E-state index in [1.165, 1.54) is 5.39 Å². The van der Waals surface area contributed by atoms with E-state index >= 15 is 0 Å². The van der Waals surface area contributed by atoms with Gasteiger partial charge in [-0.1, -0.05) is 30.0 Å². The molecule has 0 saturated heterocycles. The molecule has 1 aromatic carbocycles. The van der Waals surface area contributed by atoms with E-state index in [4.69, 9.17) is 0 Å². The second kappa shape index (κ2) is 6.72. The lowest BCUT2D eigenvalue weighted by atomic mass is 10.2. The van der Waals surface area contributed by atoms with Crippen LogP contribution in [0.4, 0.5) is 5.82 Å².